The van der Waals surface area contributed by atoms with Gasteiger partial charge in [-0.3, -0.25) is 4.79 Å². The molecule has 1 aliphatic heterocycles. The van der Waals surface area contributed by atoms with Gasteiger partial charge < -0.3 is 14.7 Å². The number of carbonyl (C=O) groups is 1. The summed E-state index contributed by atoms with van der Waals surface area (Å²) in [5.74, 6) is 1.20. The number of likely N-dealkylation sites (tertiary alicyclic amines) is 1. The molecular weight excluding hydrogens is 266 g/mol. The van der Waals surface area contributed by atoms with Gasteiger partial charge in [-0.2, -0.15) is 0 Å². The first-order valence-electron chi connectivity index (χ1n) is 7.89. The van der Waals surface area contributed by atoms with Gasteiger partial charge in [0.05, 0.1) is 0 Å². The molecule has 0 radical (unpaired) electrons. The van der Waals surface area contributed by atoms with Crippen LogP contribution in [-0.4, -0.2) is 42.2 Å². The third kappa shape index (κ3) is 3.38. The molecule has 1 fully saturated rings. The van der Waals surface area contributed by atoms with Gasteiger partial charge in [0.25, 0.3) is 5.91 Å². The van der Waals surface area contributed by atoms with E-state index in [9.17, 15) is 4.79 Å². The fraction of sp³-hybridized carbons (Fsp3) is 0.588. The highest BCUT2D eigenvalue weighted by Crippen LogP contribution is 2.26. The lowest BCUT2D eigenvalue weighted by molar-refractivity contribution is -0.134. The van der Waals surface area contributed by atoms with Crippen LogP contribution in [0.2, 0.25) is 0 Å². The summed E-state index contributed by atoms with van der Waals surface area (Å²) < 4.78 is 5.66. The molecule has 0 atom stereocenters. The molecule has 1 aromatic rings. The minimum Gasteiger partial charge on any atom is -0.484 e. The normalized spacial score (nSPS) is 18.6. The molecule has 0 saturated carbocycles. The van der Waals surface area contributed by atoms with Crippen molar-refractivity contribution in [2.24, 2.45) is 5.92 Å². The van der Waals surface area contributed by atoms with Crippen molar-refractivity contribution < 1.29 is 14.6 Å². The molecule has 1 amide bonds. The Bertz CT molecular complexity index is 507. The van der Waals surface area contributed by atoms with Crippen LogP contribution in [-0.2, 0) is 17.6 Å². The Morgan fingerprint density at radius 3 is 2.76 bits per heavy atom. The maximum absolute atomic E-state index is 12.1. The molecule has 1 aromatic carbocycles. The van der Waals surface area contributed by atoms with E-state index in [2.05, 4.69) is 12.1 Å². The van der Waals surface area contributed by atoms with Crippen LogP contribution in [0, 0.1) is 5.92 Å². The van der Waals surface area contributed by atoms with E-state index < -0.39 is 0 Å². The van der Waals surface area contributed by atoms with Crippen LogP contribution >= 0.6 is 0 Å². The van der Waals surface area contributed by atoms with Crippen LogP contribution in [0.5, 0.6) is 5.75 Å². The maximum Gasteiger partial charge on any atom is 0.260 e. The first kappa shape index (κ1) is 14.4. The molecule has 114 valence electrons. The van der Waals surface area contributed by atoms with Gasteiger partial charge in [0, 0.05) is 19.7 Å². The number of aryl methyl sites for hydroxylation is 2. The van der Waals surface area contributed by atoms with E-state index in [4.69, 9.17) is 9.84 Å². The van der Waals surface area contributed by atoms with Crippen molar-refractivity contribution in [3.8, 4) is 5.75 Å². The minimum absolute atomic E-state index is 0.0480. The smallest absolute Gasteiger partial charge is 0.260 e. The Labute approximate surface area is 125 Å². The lowest BCUT2D eigenvalue weighted by atomic mass is 9.98. The number of carbonyl (C=O) groups excluding carboxylic acids is 1. The number of fused-ring (bicyclic) bond motifs is 1. The topological polar surface area (TPSA) is 49.8 Å². The number of rotatable bonds is 4. The highest BCUT2D eigenvalue weighted by molar-refractivity contribution is 5.77. The number of piperidine rings is 1. The molecule has 1 N–H and O–H groups in total. The van der Waals surface area contributed by atoms with E-state index in [1.807, 2.05) is 11.0 Å². The van der Waals surface area contributed by atoms with Gasteiger partial charge in [-0.25, -0.2) is 0 Å². The highest BCUT2D eigenvalue weighted by Gasteiger charge is 2.22. The summed E-state index contributed by atoms with van der Waals surface area (Å²) in [4.78, 5) is 14.0. The van der Waals surface area contributed by atoms with Crippen LogP contribution in [0.4, 0.5) is 0 Å². The summed E-state index contributed by atoms with van der Waals surface area (Å²) in [6.07, 6.45) is 5.28. The van der Waals surface area contributed by atoms with E-state index in [1.54, 1.807) is 0 Å². The second-order valence-electron chi connectivity index (χ2n) is 6.08. The Morgan fingerprint density at radius 1 is 1.24 bits per heavy atom. The number of nitrogens with zero attached hydrogens (tertiary/aromatic N) is 1. The summed E-state index contributed by atoms with van der Waals surface area (Å²) in [6.45, 7) is 1.81. The molecule has 1 heterocycles. The molecule has 1 saturated heterocycles. The predicted molar refractivity (Wildman–Crippen MR) is 80.4 cm³/mol. The molecule has 3 rings (SSSR count). The summed E-state index contributed by atoms with van der Waals surface area (Å²) in [6, 6.07) is 6.16. The Morgan fingerprint density at radius 2 is 2.00 bits per heavy atom. The maximum atomic E-state index is 12.1. The SMILES string of the molecule is O=C(COc1ccc2c(c1)CCC2)N1CCC(CO)CC1. The molecule has 4 nitrogen and oxygen atoms in total. The minimum atomic E-state index is 0.0480. The van der Waals surface area contributed by atoms with E-state index >= 15 is 0 Å². The lowest BCUT2D eigenvalue weighted by Crippen LogP contribution is -2.41. The molecule has 0 unspecified atom stereocenters. The number of aliphatic hydroxyl groups excluding tert-OH is 1. The molecule has 21 heavy (non-hydrogen) atoms. The number of benzene rings is 1. The monoisotopic (exact) mass is 289 g/mol. The van der Waals surface area contributed by atoms with Crippen LogP contribution in [0.25, 0.3) is 0 Å². The van der Waals surface area contributed by atoms with E-state index in [0.29, 0.717) is 5.92 Å². The average Bonchev–Trinajstić information content (AvgIpc) is 3.00. The summed E-state index contributed by atoms with van der Waals surface area (Å²) >= 11 is 0. The van der Waals surface area contributed by atoms with Gasteiger partial charge in [-0.05, 0) is 61.3 Å². The number of aliphatic hydroxyl groups is 1. The second kappa shape index (κ2) is 6.48. The Kier molecular flexibility index (Phi) is 4.44. The van der Waals surface area contributed by atoms with Crippen molar-refractivity contribution in [2.45, 2.75) is 32.1 Å². The zero-order chi connectivity index (χ0) is 14.7. The van der Waals surface area contributed by atoms with Crippen LogP contribution in [0.15, 0.2) is 18.2 Å². The predicted octanol–water partition coefficient (Wildman–Crippen LogP) is 1.78. The van der Waals surface area contributed by atoms with Gasteiger partial charge in [-0.15, -0.1) is 0 Å². The molecule has 0 aromatic heterocycles. The van der Waals surface area contributed by atoms with Crippen LogP contribution in [0.3, 0.4) is 0 Å². The molecule has 1 aliphatic carbocycles. The molecule has 0 spiro atoms. The van der Waals surface area contributed by atoms with Crippen LogP contribution in [0.1, 0.15) is 30.4 Å². The van der Waals surface area contributed by atoms with E-state index in [1.165, 1.54) is 17.5 Å². The highest BCUT2D eigenvalue weighted by atomic mass is 16.5. The van der Waals surface area contributed by atoms with Crippen molar-refractivity contribution in [3.05, 3.63) is 29.3 Å². The van der Waals surface area contributed by atoms with Crippen molar-refractivity contribution >= 4 is 5.91 Å². The van der Waals surface area contributed by atoms with E-state index in [-0.39, 0.29) is 19.1 Å². The van der Waals surface area contributed by atoms with Crippen LogP contribution < -0.4 is 4.74 Å². The van der Waals surface area contributed by atoms with Gasteiger partial charge in [-0.1, -0.05) is 6.07 Å². The quantitative estimate of drug-likeness (QED) is 0.919. The number of amides is 1. The Balaban J connectivity index is 1.50. The van der Waals surface area contributed by atoms with Crippen molar-refractivity contribution in [1.82, 2.24) is 4.90 Å². The first-order valence-corrected chi connectivity index (χ1v) is 7.89. The van der Waals surface area contributed by atoms with Crippen molar-refractivity contribution in [2.75, 3.05) is 26.3 Å². The average molecular weight is 289 g/mol. The standard InChI is InChI=1S/C17H23NO3/c19-11-13-6-8-18(9-7-13)17(20)12-21-16-5-4-14-2-1-3-15(14)10-16/h4-5,10,13,19H,1-3,6-9,11-12H2. The van der Waals surface area contributed by atoms with Gasteiger partial charge in [0.15, 0.2) is 6.61 Å². The zero-order valence-corrected chi connectivity index (χ0v) is 12.4. The first-order chi connectivity index (χ1) is 10.3. The van der Waals surface area contributed by atoms with Gasteiger partial charge in [0.2, 0.25) is 0 Å². The Hall–Kier alpha value is -1.55. The summed E-state index contributed by atoms with van der Waals surface area (Å²) in [7, 11) is 0. The second-order valence-corrected chi connectivity index (χ2v) is 6.08. The number of hydrogen-bond acceptors (Lipinski definition) is 3. The largest absolute Gasteiger partial charge is 0.484 e. The lowest BCUT2D eigenvalue weighted by Gasteiger charge is -2.31. The number of ether oxygens (including phenoxy) is 1. The van der Waals surface area contributed by atoms with Gasteiger partial charge in [0.1, 0.15) is 5.75 Å². The number of hydrogen-bond donors (Lipinski definition) is 1. The molecule has 2 aliphatic rings. The summed E-state index contributed by atoms with van der Waals surface area (Å²) in [5, 5.41) is 9.12. The molecule has 4 heteroatoms. The molecular formula is C17H23NO3. The van der Waals surface area contributed by atoms with Crippen molar-refractivity contribution in [1.29, 1.82) is 0 Å². The zero-order valence-electron chi connectivity index (χ0n) is 12.4. The van der Waals surface area contributed by atoms with Gasteiger partial charge >= 0.3 is 0 Å². The van der Waals surface area contributed by atoms with Crippen molar-refractivity contribution in [3.63, 3.8) is 0 Å². The van der Waals surface area contributed by atoms with E-state index in [0.717, 1.165) is 44.5 Å². The fourth-order valence-electron chi connectivity index (χ4n) is 3.24. The summed E-state index contributed by atoms with van der Waals surface area (Å²) in [5.41, 5.74) is 2.78. The third-order valence-electron chi connectivity index (χ3n) is 4.66. The third-order valence-corrected chi connectivity index (χ3v) is 4.66. The molecule has 0 bridgehead atoms. The fourth-order valence-corrected chi connectivity index (χ4v) is 3.24.